The van der Waals surface area contributed by atoms with E-state index in [9.17, 15) is 0 Å². The van der Waals surface area contributed by atoms with Gasteiger partial charge >= 0.3 is 0 Å². The summed E-state index contributed by atoms with van der Waals surface area (Å²) >= 11 is 0. The Hall–Kier alpha value is 0. The molecule has 0 heteroatoms. The first kappa shape index (κ1) is 20.0. The second kappa shape index (κ2) is 8.44. The third kappa shape index (κ3) is 4.78. The van der Waals surface area contributed by atoms with Crippen molar-refractivity contribution < 1.29 is 0 Å². The van der Waals surface area contributed by atoms with Gasteiger partial charge < -0.3 is 0 Å². The second-order valence-electron chi connectivity index (χ2n) is 8.66. The van der Waals surface area contributed by atoms with Crippen LogP contribution < -0.4 is 0 Å². The number of unbranched alkanes of at least 4 members (excludes halogenated alkanes) is 1. The fraction of sp³-hybridized carbons (Fsp3) is 1.00. The van der Waals surface area contributed by atoms with E-state index in [0.717, 1.165) is 17.8 Å². The van der Waals surface area contributed by atoms with Gasteiger partial charge in [-0.05, 0) is 41.4 Å². The van der Waals surface area contributed by atoms with E-state index in [2.05, 4.69) is 62.3 Å². The van der Waals surface area contributed by atoms with Gasteiger partial charge in [-0.25, -0.2) is 0 Å². The SMILES string of the molecule is CCCCC(C(C)C)(C(CCC)CC(C)C)C(C)(C)C. The summed E-state index contributed by atoms with van der Waals surface area (Å²) in [6.45, 7) is 21.9. The van der Waals surface area contributed by atoms with Gasteiger partial charge in [0, 0.05) is 0 Å². The molecule has 20 heavy (non-hydrogen) atoms. The van der Waals surface area contributed by atoms with Gasteiger partial charge in [0.15, 0.2) is 0 Å². The second-order valence-corrected chi connectivity index (χ2v) is 8.66. The summed E-state index contributed by atoms with van der Waals surface area (Å²) in [5.41, 5.74) is 0.883. The van der Waals surface area contributed by atoms with E-state index < -0.39 is 0 Å². The Morgan fingerprint density at radius 3 is 1.70 bits per heavy atom. The van der Waals surface area contributed by atoms with Gasteiger partial charge in [-0.3, -0.25) is 0 Å². The number of hydrogen-bond acceptors (Lipinski definition) is 0. The fourth-order valence-corrected chi connectivity index (χ4v) is 4.79. The zero-order valence-electron chi connectivity index (χ0n) is 16.0. The van der Waals surface area contributed by atoms with Crippen LogP contribution in [-0.4, -0.2) is 0 Å². The molecule has 0 nitrogen and oxygen atoms in total. The summed E-state index contributed by atoms with van der Waals surface area (Å²) in [5.74, 6) is 2.46. The molecule has 0 aliphatic heterocycles. The molecule has 122 valence electrons. The van der Waals surface area contributed by atoms with Gasteiger partial charge in [0.25, 0.3) is 0 Å². The zero-order chi connectivity index (χ0) is 16.0. The maximum atomic E-state index is 2.49. The predicted molar refractivity (Wildman–Crippen MR) is 94.1 cm³/mol. The molecular weight excluding hydrogens is 240 g/mol. The Bertz CT molecular complexity index is 243. The van der Waals surface area contributed by atoms with Crippen LogP contribution in [0.25, 0.3) is 0 Å². The molecule has 0 radical (unpaired) electrons. The largest absolute Gasteiger partial charge is 0.0654 e. The van der Waals surface area contributed by atoms with Gasteiger partial charge in [0.1, 0.15) is 0 Å². The van der Waals surface area contributed by atoms with E-state index in [1.807, 2.05) is 0 Å². The molecule has 0 fully saturated rings. The normalized spacial score (nSPS) is 17.6. The number of rotatable bonds is 9. The highest BCUT2D eigenvalue weighted by atomic mass is 14.5. The first-order valence-electron chi connectivity index (χ1n) is 9.13. The van der Waals surface area contributed by atoms with Crippen molar-refractivity contribution in [3.63, 3.8) is 0 Å². The molecule has 0 bridgehead atoms. The minimum absolute atomic E-state index is 0.394. The van der Waals surface area contributed by atoms with Crippen molar-refractivity contribution in [3.8, 4) is 0 Å². The third-order valence-corrected chi connectivity index (χ3v) is 5.49. The van der Waals surface area contributed by atoms with E-state index in [-0.39, 0.29) is 0 Å². The Morgan fingerprint density at radius 2 is 1.40 bits per heavy atom. The van der Waals surface area contributed by atoms with Crippen LogP contribution in [-0.2, 0) is 0 Å². The van der Waals surface area contributed by atoms with E-state index in [1.54, 1.807) is 0 Å². The Kier molecular flexibility index (Phi) is 8.44. The highest BCUT2D eigenvalue weighted by Gasteiger charge is 2.48. The third-order valence-electron chi connectivity index (χ3n) is 5.49. The minimum atomic E-state index is 0.394. The van der Waals surface area contributed by atoms with Crippen LogP contribution >= 0.6 is 0 Å². The van der Waals surface area contributed by atoms with Gasteiger partial charge in [0.05, 0.1) is 0 Å². The first-order chi connectivity index (χ1) is 9.13. The van der Waals surface area contributed by atoms with Crippen LogP contribution in [0, 0.1) is 28.6 Å². The van der Waals surface area contributed by atoms with Crippen molar-refractivity contribution >= 4 is 0 Å². The van der Waals surface area contributed by atoms with Crippen LogP contribution in [0.1, 0.15) is 101 Å². The summed E-state index contributed by atoms with van der Waals surface area (Å²) in [7, 11) is 0. The summed E-state index contributed by atoms with van der Waals surface area (Å²) in [6, 6.07) is 0. The average molecular weight is 283 g/mol. The molecule has 2 atom stereocenters. The zero-order valence-corrected chi connectivity index (χ0v) is 16.0. The summed E-state index contributed by atoms with van der Waals surface area (Å²) in [4.78, 5) is 0. The first-order valence-corrected chi connectivity index (χ1v) is 9.13. The molecule has 0 aromatic carbocycles. The van der Waals surface area contributed by atoms with Crippen LogP contribution in [0.15, 0.2) is 0 Å². The molecule has 2 unspecified atom stereocenters. The Balaban J connectivity index is 5.61. The Labute approximate surface area is 130 Å². The van der Waals surface area contributed by atoms with Gasteiger partial charge in [-0.2, -0.15) is 0 Å². The van der Waals surface area contributed by atoms with Gasteiger partial charge in [-0.15, -0.1) is 0 Å². The molecule has 0 heterocycles. The lowest BCUT2D eigenvalue weighted by molar-refractivity contribution is -0.0546. The van der Waals surface area contributed by atoms with Crippen molar-refractivity contribution in [2.24, 2.45) is 28.6 Å². The molecule has 0 aromatic rings. The smallest absolute Gasteiger partial charge is 0.0197 e. The minimum Gasteiger partial charge on any atom is -0.0654 e. The lowest BCUT2D eigenvalue weighted by atomic mass is 9.50. The highest BCUT2D eigenvalue weighted by Crippen LogP contribution is 2.56. The molecule has 0 N–H and O–H groups in total. The molecule has 0 spiro atoms. The van der Waals surface area contributed by atoms with Crippen LogP contribution in [0.5, 0.6) is 0 Å². The Morgan fingerprint density at radius 1 is 0.850 bits per heavy atom. The quantitative estimate of drug-likeness (QED) is 0.415. The average Bonchev–Trinajstić information content (AvgIpc) is 2.27. The maximum absolute atomic E-state index is 2.49. The van der Waals surface area contributed by atoms with E-state index in [0.29, 0.717) is 10.8 Å². The van der Waals surface area contributed by atoms with Crippen molar-refractivity contribution in [2.75, 3.05) is 0 Å². The fourth-order valence-electron chi connectivity index (χ4n) is 4.79. The van der Waals surface area contributed by atoms with Crippen LogP contribution in [0.2, 0.25) is 0 Å². The lowest BCUT2D eigenvalue weighted by Gasteiger charge is -2.54. The molecular formula is C20H42. The van der Waals surface area contributed by atoms with Crippen molar-refractivity contribution in [3.05, 3.63) is 0 Å². The highest BCUT2D eigenvalue weighted by molar-refractivity contribution is 4.97. The predicted octanol–water partition coefficient (Wildman–Crippen LogP) is 7.33. The summed E-state index contributed by atoms with van der Waals surface area (Å²) in [5, 5.41) is 0. The molecule has 0 aromatic heterocycles. The van der Waals surface area contributed by atoms with E-state index in [1.165, 1.54) is 38.5 Å². The molecule has 0 aliphatic carbocycles. The molecule has 0 saturated heterocycles. The summed E-state index contributed by atoms with van der Waals surface area (Å²) < 4.78 is 0. The van der Waals surface area contributed by atoms with Gasteiger partial charge in [0.2, 0.25) is 0 Å². The lowest BCUT2D eigenvalue weighted by Crippen LogP contribution is -2.47. The van der Waals surface area contributed by atoms with E-state index in [4.69, 9.17) is 0 Å². The number of hydrogen-bond donors (Lipinski definition) is 0. The molecule has 0 saturated carbocycles. The summed E-state index contributed by atoms with van der Waals surface area (Å²) in [6.07, 6.45) is 8.24. The van der Waals surface area contributed by atoms with Crippen LogP contribution in [0.3, 0.4) is 0 Å². The van der Waals surface area contributed by atoms with Crippen LogP contribution in [0.4, 0.5) is 0 Å². The molecule has 0 aliphatic rings. The van der Waals surface area contributed by atoms with Crippen molar-refractivity contribution in [1.82, 2.24) is 0 Å². The topological polar surface area (TPSA) is 0 Å². The molecule has 0 amide bonds. The van der Waals surface area contributed by atoms with E-state index >= 15 is 0 Å². The standard InChI is InChI=1S/C20H42/c1-10-12-14-20(17(5)6,19(7,8)9)18(13-11-2)15-16(3)4/h16-18H,10-15H2,1-9H3. The van der Waals surface area contributed by atoms with Crippen molar-refractivity contribution in [1.29, 1.82) is 0 Å². The van der Waals surface area contributed by atoms with Crippen molar-refractivity contribution in [2.45, 2.75) is 101 Å². The van der Waals surface area contributed by atoms with Gasteiger partial charge in [-0.1, -0.05) is 88.0 Å². The molecule has 0 rings (SSSR count). The maximum Gasteiger partial charge on any atom is -0.0197 e. The monoisotopic (exact) mass is 282 g/mol.